The Morgan fingerprint density at radius 2 is 2.09 bits per heavy atom. The Balaban J connectivity index is 1.79. The van der Waals surface area contributed by atoms with E-state index in [2.05, 4.69) is 15.3 Å². The van der Waals surface area contributed by atoms with E-state index in [1.54, 1.807) is 29.7 Å². The van der Waals surface area contributed by atoms with Crippen LogP contribution >= 0.6 is 11.3 Å². The predicted octanol–water partition coefficient (Wildman–Crippen LogP) is 3.03. The molecule has 1 aromatic carbocycles. The number of thiazole rings is 1. The topological polar surface area (TPSA) is 80.9 Å². The van der Waals surface area contributed by atoms with E-state index in [1.165, 1.54) is 0 Å². The van der Waals surface area contributed by atoms with Gasteiger partial charge in [0.15, 0.2) is 0 Å². The van der Waals surface area contributed by atoms with Crippen LogP contribution in [0.2, 0.25) is 0 Å². The molecule has 3 aromatic rings. The summed E-state index contributed by atoms with van der Waals surface area (Å²) in [5, 5.41) is 5.86. The van der Waals surface area contributed by atoms with Gasteiger partial charge in [-0.1, -0.05) is 24.3 Å². The zero-order chi connectivity index (χ0) is 16.2. The molecule has 0 unspecified atom stereocenters. The summed E-state index contributed by atoms with van der Waals surface area (Å²) in [7, 11) is 0. The fourth-order valence-electron chi connectivity index (χ4n) is 2.24. The second kappa shape index (κ2) is 6.58. The van der Waals surface area contributed by atoms with E-state index in [9.17, 15) is 4.79 Å². The highest BCUT2D eigenvalue weighted by atomic mass is 32.1. The maximum absolute atomic E-state index is 12.2. The average Bonchev–Trinajstić information content (AvgIpc) is 2.99. The number of aryl methyl sites for hydroxylation is 1. The highest BCUT2D eigenvalue weighted by Gasteiger charge is 2.12. The first-order valence-corrected chi connectivity index (χ1v) is 8.02. The van der Waals surface area contributed by atoms with E-state index in [0.717, 1.165) is 21.8 Å². The fraction of sp³-hybridized carbons (Fsp3) is 0.118. The van der Waals surface area contributed by atoms with Crippen LogP contribution in [0.15, 0.2) is 48.0 Å². The SMILES string of the molecule is Cc1csc(-c2ccccc2CNC(=O)c2cccnc2N)n1. The summed E-state index contributed by atoms with van der Waals surface area (Å²) in [5.41, 5.74) is 9.15. The summed E-state index contributed by atoms with van der Waals surface area (Å²) in [6, 6.07) is 11.3. The van der Waals surface area contributed by atoms with Crippen molar-refractivity contribution in [1.29, 1.82) is 0 Å². The van der Waals surface area contributed by atoms with Crippen molar-refractivity contribution in [3.63, 3.8) is 0 Å². The number of hydrogen-bond donors (Lipinski definition) is 2. The molecule has 2 heterocycles. The van der Waals surface area contributed by atoms with Gasteiger partial charge in [0, 0.05) is 29.4 Å². The Hall–Kier alpha value is -2.73. The number of rotatable bonds is 4. The Morgan fingerprint density at radius 3 is 2.83 bits per heavy atom. The van der Waals surface area contributed by atoms with Gasteiger partial charge in [-0.15, -0.1) is 11.3 Å². The van der Waals surface area contributed by atoms with E-state index in [4.69, 9.17) is 5.73 Å². The third kappa shape index (κ3) is 3.37. The van der Waals surface area contributed by atoms with E-state index in [0.29, 0.717) is 12.1 Å². The predicted molar refractivity (Wildman–Crippen MR) is 92.1 cm³/mol. The maximum Gasteiger partial charge on any atom is 0.255 e. The van der Waals surface area contributed by atoms with E-state index in [1.807, 2.05) is 36.6 Å². The van der Waals surface area contributed by atoms with Crippen LogP contribution in [0.3, 0.4) is 0 Å². The van der Waals surface area contributed by atoms with Gasteiger partial charge < -0.3 is 11.1 Å². The average molecular weight is 324 g/mol. The van der Waals surface area contributed by atoms with Crippen molar-refractivity contribution in [2.24, 2.45) is 0 Å². The quantitative estimate of drug-likeness (QED) is 0.773. The number of nitrogen functional groups attached to an aromatic ring is 1. The highest BCUT2D eigenvalue weighted by molar-refractivity contribution is 7.13. The number of aromatic nitrogens is 2. The van der Waals surface area contributed by atoms with Crippen LogP contribution in [0.25, 0.3) is 10.6 Å². The summed E-state index contributed by atoms with van der Waals surface area (Å²) in [5.74, 6) is -0.00504. The third-order valence-electron chi connectivity index (χ3n) is 3.39. The fourth-order valence-corrected chi connectivity index (χ4v) is 3.10. The van der Waals surface area contributed by atoms with Crippen LogP contribution in [0, 0.1) is 6.92 Å². The van der Waals surface area contributed by atoms with Gasteiger partial charge in [0.1, 0.15) is 10.8 Å². The van der Waals surface area contributed by atoms with E-state index < -0.39 is 0 Å². The molecule has 116 valence electrons. The molecular weight excluding hydrogens is 308 g/mol. The Bertz CT molecular complexity index is 844. The van der Waals surface area contributed by atoms with Crippen molar-refractivity contribution in [3.8, 4) is 10.6 Å². The van der Waals surface area contributed by atoms with Gasteiger partial charge >= 0.3 is 0 Å². The standard InChI is InChI=1S/C17H16N4OS/c1-11-10-23-17(21-11)13-6-3-2-5-12(13)9-20-16(22)14-7-4-8-19-15(14)18/h2-8,10H,9H2,1H3,(H2,18,19)(H,20,22). The number of nitrogens with one attached hydrogen (secondary N) is 1. The number of anilines is 1. The van der Waals surface area contributed by atoms with Gasteiger partial charge in [-0.25, -0.2) is 9.97 Å². The summed E-state index contributed by atoms with van der Waals surface area (Å²) >= 11 is 1.60. The summed E-state index contributed by atoms with van der Waals surface area (Å²) in [6.07, 6.45) is 1.56. The lowest BCUT2D eigenvalue weighted by Gasteiger charge is -2.10. The van der Waals surface area contributed by atoms with Crippen LogP contribution < -0.4 is 11.1 Å². The molecule has 0 saturated carbocycles. The molecule has 0 aliphatic carbocycles. The third-order valence-corrected chi connectivity index (χ3v) is 4.38. The highest BCUT2D eigenvalue weighted by Crippen LogP contribution is 2.26. The maximum atomic E-state index is 12.2. The zero-order valence-electron chi connectivity index (χ0n) is 12.6. The molecule has 5 nitrogen and oxygen atoms in total. The van der Waals surface area contributed by atoms with Crippen molar-refractivity contribution >= 4 is 23.1 Å². The molecule has 2 aromatic heterocycles. The van der Waals surface area contributed by atoms with E-state index >= 15 is 0 Å². The van der Waals surface area contributed by atoms with Gasteiger partial charge in [0.05, 0.1) is 5.56 Å². The molecule has 0 bridgehead atoms. The lowest BCUT2D eigenvalue weighted by atomic mass is 10.1. The molecule has 1 amide bonds. The van der Waals surface area contributed by atoms with Gasteiger partial charge in [0.2, 0.25) is 0 Å². The minimum Gasteiger partial charge on any atom is -0.383 e. The smallest absolute Gasteiger partial charge is 0.255 e. The molecule has 0 aliphatic heterocycles. The van der Waals surface area contributed by atoms with Crippen molar-refractivity contribution in [2.45, 2.75) is 13.5 Å². The Morgan fingerprint density at radius 1 is 1.26 bits per heavy atom. The summed E-state index contributed by atoms with van der Waals surface area (Å²) < 4.78 is 0. The van der Waals surface area contributed by atoms with E-state index in [-0.39, 0.29) is 11.7 Å². The second-order valence-electron chi connectivity index (χ2n) is 5.07. The number of amides is 1. The number of pyridine rings is 1. The molecule has 23 heavy (non-hydrogen) atoms. The summed E-state index contributed by atoms with van der Waals surface area (Å²) in [4.78, 5) is 20.7. The number of hydrogen-bond acceptors (Lipinski definition) is 5. The van der Waals surface area contributed by atoms with Crippen LogP contribution in [0.1, 0.15) is 21.6 Å². The molecular formula is C17H16N4OS. The van der Waals surface area contributed by atoms with Crippen molar-refractivity contribution < 1.29 is 4.79 Å². The Labute approximate surface area is 138 Å². The van der Waals surface area contributed by atoms with Gasteiger partial charge in [-0.2, -0.15) is 0 Å². The van der Waals surface area contributed by atoms with Crippen LogP contribution in [0.5, 0.6) is 0 Å². The first kappa shape index (κ1) is 15.2. The Kier molecular flexibility index (Phi) is 4.34. The minimum absolute atomic E-state index is 0.230. The number of carbonyl (C=O) groups is 1. The first-order valence-electron chi connectivity index (χ1n) is 7.14. The molecule has 6 heteroatoms. The van der Waals surface area contributed by atoms with Gasteiger partial charge in [0.25, 0.3) is 5.91 Å². The van der Waals surface area contributed by atoms with Crippen molar-refractivity contribution in [3.05, 3.63) is 64.8 Å². The zero-order valence-corrected chi connectivity index (χ0v) is 13.4. The molecule has 0 fully saturated rings. The number of benzene rings is 1. The molecule has 0 radical (unpaired) electrons. The monoisotopic (exact) mass is 324 g/mol. The minimum atomic E-state index is -0.235. The number of carbonyl (C=O) groups excluding carboxylic acids is 1. The molecule has 0 aliphatic rings. The van der Waals surface area contributed by atoms with Crippen LogP contribution in [-0.4, -0.2) is 15.9 Å². The second-order valence-corrected chi connectivity index (χ2v) is 5.93. The van der Waals surface area contributed by atoms with Gasteiger partial charge in [-0.05, 0) is 24.6 Å². The van der Waals surface area contributed by atoms with Crippen LogP contribution in [-0.2, 0) is 6.54 Å². The number of nitrogens with zero attached hydrogens (tertiary/aromatic N) is 2. The van der Waals surface area contributed by atoms with Crippen molar-refractivity contribution in [1.82, 2.24) is 15.3 Å². The summed E-state index contributed by atoms with van der Waals surface area (Å²) in [6.45, 7) is 2.37. The molecule has 0 saturated heterocycles. The number of nitrogens with two attached hydrogens (primary N) is 1. The lowest BCUT2D eigenvalue weighted by Crippen LogP contribution is -2.24. The van der Waals surface area contributed by atoms with Gasteiger partial charge in [-0.3, -0.25) is 4.79 Å². The largest absolute Gasteiger partial charge is 0.383 e. The molecule has 0 atom stereocenters. The first-order chi connectivity index (χ1) is 11.1. The molecule has 3 rings (SSSR count). The van der Waals surface area contributed by atoms with Crippen molar-refractivity contribution in [2.75, 3.05) is 5.73 Å². The molecule has 3 N–H and O–H groups in total. The van der Waals surface area contributed by atoms with Crippen LogP contribution in [0.4, 0.5) is 5.82 Å². The normalized spacial score (nSPS) is 10.5. The lowest BCUT2D eigenvalue weighted by molar-refractivity contribution is 0.0951. The molecule has 0 spiro atoms.